The molecule has 0 aromatic carbocycles. The molecule has 2 rings (SSSR count). The van der Waals surface area contributed by atoms with Crippen LogP contribution in [0, 0.1) is 10.1 Å². The fourth-order valence-electron chi connectivity index (χ4n) is 2.35. The van der Waals surface area contributed by atoms with E-state index in [-0.39, 0.29) is 5.69 Å². The number of nitro groups is 1. The van der Waals surface area contributed by atoms with Crippen molar-refractivity contribution in [3.05, 3.63) is 22.2 Å². The first-order chi connectivity index (χ1) is 9.61. The predicted molar refractivity (Wildman–Crippen MR) is 77.6 cm³/mol. The highest BCUT2D eigenvalue weighted by molar-refractivity contribution is 5.61. The SMILES string of the molecule is CN(CCN1CCCC1)c1nc(NN)ccc1[N+](=O)[O-]. The molecule has 8 nitrogen and oxygen atoms in total. The highest BCUT2D eigenvalue weighted by atomic mass is 16.6. The number of hydrogen-bond donors (Lipinski definition) is 2. The summed E-state index contributed by atoms with van der Waals surface area (Å²) in [5.74, 6) is 6.06. The lowest BCUT2D eigenvalue weighted by Gasteiger charge is -2.22. The second kappa shape index (κ2) is 6.49. The minimum Gasteiger partial charge on any atom is -0.353 e. The summed E-state index contributed by atoms with van der Waals surface area (Å²) in [6.07, 6.45) is 2.46. The number of hydrazine groups is 1. The Balaban J connectivity index is 2.09. The summed E-state index contributed by atoms with van der Waals surface area (Å²) in [6.45, 7) is 3.79. The lowest BCUT2D eigenvalue weighted by atomic mass is 10.3. The Morgan fingerprint density at radius 2 is 2.20 bits per heavy atom. The number of nitrogens with one attached hydrogen (secondary N) is 1. The topological polar surface area (TPSA) is 101 Å². The van der Waals surface area contributed by atoms with Gasteiger partial charge in [0.05, 0.1) is 4.92 Å². The first kappa shape index (κ1) is 14.5. The van der Waals surface area contributed by atoms with Gasteiger partial charge in [-0.3, -0.25) is 10.1 Å². The normalized spacial score (nSPS) is 15.3. The zero-order valence-corrected chi connectivity index (χ0v) is 11.6. The highest BCUT2D eigenvalue weighted by Crippen LogP contribution is 2.26. The van der Waals surface area contributed by atoms with E-state index in [1.165, 1.54) is 25.0 Å². The van der Waals surface area contributed by atoms with Crippen LogP contribution in [0.3, 0.4) is 0 Å². The van der Waals surface area contributed by atoms with Gasteiger partial charge in [0.15, 0.2) is 0 Å². The molecule has 1 saturated heterocycles. The maximum atomic E-state index is 11.1. The largest absolute Gasteiger partial charge is 0.353 e. The molecular formula is C12H20N6O2. The smallest absolute Gasteiger partial charge is 0.311 e. The van der Waals surface area contributed by atoms with Gasteiger partial charge in [0, 0.05) is 26.2 Å². The van der Waals surface area contributed by atoms with E-state index >= 15 is 0 Å². The van der Waals surface area contributed by atoms with Gasteiger partial charge >= 0.3 is 5.69 Å². The molecule has 3 N–H and O–H groups in total. The molecule has 0 amide bonds. The number of nitrogens with zero attached hydrogens (tertiary/aromatic N) is 4. The summed E-state index contributed by atoms with van der Waals surface area (Å²) in [7, 11) is 1.81. The highest BCUT2D eigenvalue weighted by Gasteiger charge is 2.20. The first-order valence-corrected chi connectivity index (χ1v) is 6.67. The fourth-order valence-corrected chi connectivity index (χ4v) is 2.35. The molecule has 0 spiro atoms. The van der Waals surface area contributed by atoms with Crippen molar-refractivity contribution in [2.75, 3.05) is 43.6 Å². The Hall–Kier alpha value is -1.93. The van der Waals surface area contributed by atoms with Crippen molar-refractivity contribution in [1.29, 1.82) is 0 Å². The molecule has 0 saturated carbocycles. The van der Waals surface area contributed by atoms with Gasteiger partial charge in [-0.25, -0.2) is 10.8 Å². The number of hydrogen-bond acceptors (Lipinski definition) is 7. The van der Waals surface area contributed by atoms with E-state index in [2.05, 4.69) is 15.3 Å². The third-order valence-corrected chi connectivity index (χ3v) is 3.51. The van der Waals surface area contributed by atoms with Crippen molar-refractivity contribution >= 4 is 17.3 Å². The zero-order valence-electron chi connectivity index (χ0n) is 11.6. The summed E-state index contributed by atoms with van der Waals surface area (Å²) < 4.78 is 0. The Labute approximate surface area is 117 Å². The van der Waals surface area contributed by atoms with Gasteiger partial charge in [0.25, 0.3) is 0 Å². The van der Waals surface area contributed by atoms with Gasteiger partial charge in [-0.05, 0) is 32.0 Å². The van der Waals surface area contributed by atoms with Crippen LogP contribution < -0.4 is 16.2 Å². The molecule has 20 heavy (non-hydrogen) atoms. The summed E-state index contributed by atoms with van der Waals surface area (Å²) in [5, 5.41) is 11.1. The number of nitrogens with two attached hydrogens (primary N) is 1. The first-order valence-electron chi connectivity index (χ1n) is 6.67. The van der Waals surface area contributed by atoms with Crippen molar-refractivity contribution in [1.82, 2.24) is 9.88 Å². The fraction of sp³-hybridized carbons (Fsp3) is 0.583. The molecule has 0 unspecified atom stereocenters. The lowest BCUT2D eigenvalue weighted by Crippen LogP contribution is -2.32. The molecular weight excluding hydrogens is 260 g/mol. The standard InChI is InChI=1S/C12H20N6O2/c1-16(8-9-17-6-2-3-7-17)12-10(18(19)20)4-5-11(14-12)15-13/h4-5H,2-3,6-9,13H2,1H3,(H,14,15). The number of pyridine rings is 1. The van der Waals surface area contributed by atoms with Gasteiger partial charge in [-0.15, -0.1) is 0 Å². The van der Waals surface area contributed by atoms with Crippen LogP contribution in [0.1, 0.15) is 12.8 Å². The number of likely N-dealkylation sites (N-methyl/N-ethyl adjacent to an activating group) is 1. The Bertz CT molecular complexity index is 475. The van der Waals surface area contributed by atoms with E-state index in [0.717, 1.165) is 19.6 Å². The van der Waals surface area contributed by atoms with E-state index < -0.39 is 4.92 Å². The maximum absolute atomic E-state index is 11.1. The minimum absolute atomic E-state index is 0.00655. The Morgan fingerprint density at radius 1 is 1.50 bits per heavy atom. The lowest BCUT2D eigenvalue weighted by molar-refractivity contribution is -0.384. The average molecular weight is 280 g/mol. The molecule has 1 fully saturated rings. The molecule has 1 aromatic heterocycles. The second-order valence-corrected chi connectivity index (χ2v) is 4.91. The third kappa shape index (κ3) is 3.34. The summed E-state index contributed by atoms with van der Waals surface area (Å²) in [5.41, 5.74) is 2.41. The van der Waals surface area contributed by atoms with Crippen LogP contribution in [0.2, 0.25) is 0 Å². The molecule has 0 radical (unpaired) electrons. The van der Waals surface area contributed by atoms with Gasteiger partial charge in [0.1, 0.15) is 5.82 Å². The Kier molecular flexibility index (Phi) is 4.70. The molecule has 1 aliphatic heterocycles. The van der Waals surface area contributed by atoms with Crippen molar-refractivity contribution in [3.63, 3.8) is 0 Å². The van der Waals surface area contributed by atoms with E-state index in [9.17, 15) is 10.1 Å². The van der Waals surface area contributed by atoms with Gasteiger partial charge in [0.2, 0.25) is 5.82 Å². The van der Waals surface area contributed by atoms with Crippen LogP contribution in [0.4, 0.5) is 17.3 Å². The van der Waals surface area contributed by atoms with Crippen LogP contribution in [-0.4, -0.2) is 48.0 Å². The van der Waals surface area contributed by atoms with Crippen molar-refractivity contribution in [3.8, 4) is 0 Å². The van der Waals surface area contributed by atoms with Gasteiger partial charge in [-0.1, -0.05) is 0 Å². The monoisotopic (exact) mass is 280 g/mol. The van der Waals surface area contributed by atoms with E-state index in [4.69, 9.17) is 5.84 Å². The molecule has 0 atom stereocenters. The summed E-state index contributed by atoms with van der Waals surface area (Å²) in [6, 6.07) is 2.92. The van der Waals surface area contributed by atoms with Crippen LogP contribution >= 0.6 is 0 Å². The van der Waals surface area contributed by atoms with E-state index in [1.54, 1.807) is 4.90 Å². The number of aromatic nitrogens is 1. The molecule has 8 heteroatoms. The summed E-state index contributed by atoms with van der Waals surface area (Å²) in [4.78, 5) is 19.0. The number of rotatable bonds is 6. The van der Waals surface area contributed by atoms with Crippen LogP contribution in [0.15, 0.2) is 12.1 Å². The zero-order chi connectivity index (χ0) is 14.5. The Morgan fingerprint density at radius 3 is 2.80 bits per heavy atom. The van der Waals surface area contributed by atoms with Gasteiger partial charge < -0.3 is 15.2 Å². The third-order valence-electron chi connectivity index (χ3n) is 3.51. The van der Waals surface area contributed by atoms with E-state index in [1.807, 2.05) is 7.05 Å². The molecule has 1 aromatic rings. The summed E-state index contributed by atoms with van der Waals surface area (Å²) >= 11 is 0. The molecule has 110 valence electrons. The number of likely N-dealkylation sites (tertiary alicyclic amines) is 1. The average Bonchev–Trinajstić information content (AvgIpc) is 2.97. The molecule has 1 aliphatic rings. The van der Waals surface area contributed by atoms with Crippen LogP contribution in [-0.2, 0) is 0 Å². The van der Waals surface area contributed by atoms with Crippen LogP contribution in [0.5, 0.6) is 0 Å². The minimum atomic E-state index is -0.422. The predicted octanol–water partition coefficient (Wildman–Crippen LogP) is 0.807. The quantitative estimate of drug-likeness (QED) is 0.451. The number of nitrogen functional groups attached to an aromatic ring is 1. The molecule has 0 bridgehead atoms. The second-order valence-electron chi connectivity index (χ2n) is 4.91. The maximum Gasteiger partial charge on any atom is 0.311 e. The number of anilines is 2. The van der Waals surface area contributed by atoms with Gasteiger partial charge in [-0.2, -0.15) is 0 Å². The van der Waals surface area contributed by atoms with Crippen molar-refractivity contribution in [2.24, 2.45) is 5.84 Å². The van der Waals surface area contributed by atoms with Crippen molar-refractivity contribution in [2.45, 2.75) is 12.8 Å². The van der Waals surface area contributed by atoms with E-state index in [0.29, 0.717) is 18.2 Å². The van der Waals surface area contributed by atoms with Crippen LogP contribution in [0.25, 0.3) is 0 Å². The molecule has 0 aliphatic carbocycles. The molecule has 2 heterocycles. The van der Waals surface area contributed by atoms with Crippen molar-refractivity contribution < 1.29 is 4.92 Å².